The minimum Gasteiger partial charge on any atom is -0.465 e. The van der Waals surface area contributed by atoms with E-state index in [4.69, 9.17) is 21.1 Å². The number of carbonyl (C=O) groups is 4. The van der Waals surface area contributed by atoms with E-state index in [2.05, 4.69) is 46.2 Å². The Morgan fingerprint density at radius 2 is 1.58 bits per heavy atom. The second kappa shape index (κ2) is 16.4. The number of esters is 1. The minimum absolute atomic E-state index is 0.0380. The molecule has 15 nitrogen and oxygen atoms in total. The second-order valence-corrected chi connectivity index (χ2v) is 12.0. The van der Waals surface area contributed by atoms with Gasteiger partial charge >= 0.3 is 30.0 Å². The van der Waals surface area contributed by atoms with E-state index in [1.165, 1.54) is 30.5 Å². The number of nitrogens with one attached hydrogen (secondary N) is 4. The maximum absolute atomic E-state index is 13.0. The third-order valence-corrected chi connectivity index (χ3v) is 7.80. The van der Waals surface area contributed by atoms with Gasteiger partial charge in [0.25, 0.3) is 5.91 Å². The predicted molar refractivity (Wildman–Crippen MR) is 186 cm³/mol. The van der Waals surface area contributed by atoms with Crippen molar-refractivity contribution in [2.45, 2.75) is 37.9 Å². The molecular weight excluding hydrogens is 723 g/mol. The molecule has 0 saturated heterocycles. The highest BCUT2D eigenvalue weighted by Crippen LogP contribution is 2.48. The number of hydrogen-bond acceptors (Lipinski definition) is 12. The van der Waals surface area contributed by atoms with Crippen molar-refractivity contribution in [1.29, 1.82) is 0 Å². The topological polar surface area (TPSA) is 199 Å². The molecule has 1 fully saturated rings. The van der Waals surface area contributed by atoms with Crippen LogP contribution in [0, 0.1) is 6.92 Å². The number of hydrogen-bond donors (Lipinski definition) is 4. The van der Waals surface area contributed by atoms with Crippen LogP contribution < -0.4 is 26.0 Å². The van der Waals surface area contributed by atoms with Crippen molar-refractivity contribution in [1.82, 2.24) is 25.3 Å². The zero-order valence-electron chi connectivity index (χ0n) is 28.1. The molecule has 1 aliphatic carbocycles. The first-order valence-corrected chi connectivity index (χ1v) is 16.2. The quantitative estimate of drug-likeness (QED) is 0.0819. The van der Waals surface area contributed by atoms with E-state index in [1.54, 1.807) is 31.2 Å². The number of aryl methyl sites for hydroxylation is 1. The molecule has 2 aromatic carbocycles. The van der Waals surface area contributed by atoms with Gasteiger partial charge in [-0.25, -0.2) is 9.79 Å². The molecule has 2 heterocycles. The molecule has 5 rings (SSSR count). The van der Waals surface area contributed by atoms with Gasteiger partial charge in [-0.3, -0.25) is 19.4 Å². The first-order valence-electron chi connectivity index (χ1n) is 15.8. The van der Waals surface area contributed by atoms with E-state index in [9.17, 15) is 32.3 Å². The number of methoxy groups -OCH3 is 1. The van der Waals surface area contributed by atoms with E-state index >= 15 is 0 Å². The van der Waals surface area contributed by atoms with Crippen molar-refractivity contribution in [2.24, 2.45) is 4.99 Å². The van der Waals surface area contributed by atoms with Crippen LogP contribution in [-0.4, -0.2) is 75.8 Å². The molecule has 4 aromatic rings. The number of carbonyl (C=O) groups excluding carboxylic acids is 4. The largest absolute Gasteiger partial charge is 0.465 e. The van der Waals surface area contributed by atoms with E-state index < -0.39 is 48.0 Å². The predicted octanol–water partition coefficient (Wildman–Crippen LogP) is 4.91. The van der Waals surface area contributed by atoms with Crippen molar-refractivity contribution in [3.63, 3.8) is 0 Å². The van der Waals surface area contributed by atoms with Crippen molar-refractivity contribution < 1.29 is 41.8 Å². The summed E-state index contributed by atoms with van der Waals surface area (Å²) in [6.45, 7) is -0.0883. The number of pyridine rings is 1. The number of nitrogens with zero attached hydrogens (tertiary/aromatic N) is 5. The number of ether oxygens (including phenoxy) is 2. The van der Waals surface area contributed by atoms with Crippen LogP contribution in [-0.2, 0) is 24.7 Å². The summed E-state index contributed by atoms with van der Waals surface area (Å²) in [5.41, 5.74) is 1.43. The number of anilines is 4. The molecule has 1 saturated carbocycles. The third kappa shape index (κ3) is 10.9. The summed E-state index contributed by atoms with van der Waals surface area (Å²) < 4.78 is 48.3. The van der Waals surface area contributed by atoms with Crippen molar-refractivity contribution in [2.75, 3.05) is 36.2 Å². The lowest BCUT2D eigenvalue weighted by Gasteiger charge is -2.19. The van der Waals surface area contributed by atoms with E-state index in [0.29, 0.717) is 29.2 Å². The van der Waals surface area contributed by atoms with Crippen LogP contribution in [0.25, 0.3) is 0 Å². The Kier molecular flexibility index (Phi) is 11.8. The van der Waals surface area contributed by atoms with Crippen LogP contribution in [0.15, 0.2) is 71.9 Å². The Bertz CT molecular complexity index is 2010. The average molecular weight is 754 g/mol. The number of aromatic nitrogens is 4. The van der Waals surface area contributed by atoms with E-state index in [0.717, 1.165) is 18.4 Å². The fraction of sp³-hybridized carbons (Fsp3) is 0.265. The lowest BCUT2D eigenvalue weighted by Crippen LogP contribution is -2.37. The van der Waals surface area contributed by atoms with Gasteiger partial charge < -0.3 is 30.7 Å². The van der Waals surface area contributed by atoms with Gasteiger partial charge in [0.05, 0.1) is 24.5 Å². The summed E-state index contributed by atoms with van der Waals surface area (Å²) in [4.78, 5) is 69.9. The first kappa shape index (κ1) is 38.1. The van der Waals surface area contributed by atoms with Gasteiger partial charge in [-0.1, -0.05) is 23.7 Å². The fourth-order valence-corrected chi connectivity index (χ4v) is 4.84. The maximum atomic E-state index is 13.0. The molecule has 276 valence electrons. The smallest absolute Gasteiger partial charge is 0.422 e. The summed E-state index contributed by atoms with van der Waals surface area (Å²) in [7, 11) is 1.09. The SMILES string of the molecule is COC(=O)C(CCNC(=O)C(=O)Nc1ccc(C)nc1)=NC(=O)c1ccc(Nc2nc(NC3(c4ccc(Cl)cc4)CC3)nc(OCC(F)(F)F)n2)cc1. The molecule has 1 aliphatic rings. The summed E-state index contributed by atoms with van der Waals surface area (Å²) in [5, 5.41) is 11.3. The van der Waals surface area contributed by atoms with E-state index in [-0.39, 0.29) is 36.1 Å². The van der Waals surface area contributed by atoms with Gasteiger partial charge in [0.1, 0.15) is 5.71 Å². The van der Waals surface area contributed by atoms with Crippen molar-refractivity contribution >= 4 is 64.3 Å². The lowest BCUT2D eigenvalue weighted by molar-refractivity contribution is -0.154. The normalized spacial score (nSPS) is 13.4. The van der Waals surface area contributed by atoms with Crippen LogP contribution >= 0.6 is 11.6 Å². The average Bonchev–Trinajstić information content (AvgIpc) is 3.91. The number of halogens is 4. The number of alkyl halides is 3. The monoisotopic (exact) mass is 753 g/mol. The van der Waals surface area contributed by atoms with Crippen LogP contribution in [0.4, 0.5) is 36.4 Å². The molecule has 0 bridgehead atoms. The van der Waals surface area contributed by atoms with Crippen LogP contribution in [0.2, 0.25) is 5.02 Å². The first-order chi connectivity index (χ1) is 25.2. The molecule has 2 aromatic heterocycles. The molecule has 4 N–H and O–H groups in total. The zero-order valence-corrected chi connectivity index (χ0v) is 28.8. The van der Waals surface area contributed by atoms with Crippen LogP contribution in [0.3, 0.4) is 0 Å². The molecular formula is C34H31ClF3N9O6. The van der Waals surface area contributed by atoms with Gasteiger partial charge in [-0.15, -0.1) is 0 Å². The fourth-order valence-electron chi connectivity index (χ4n) is 4.71. The Labute approximate surface area is 304 Å². The Hall–Kier alpha value is -6.17. The van der Waals surface area contributed by atoms with Gasteiger partial charge in [0.2, 0.25) is 11.9 Å². The van der Waals surface area contributed by atoms with Crippen molar-refractivity contribution in [3.8, 4) is 6.01 Å². The van der Waals surface area contributed by atoms with Gasteiger partial charge in [-0.05, 0) is 73.9 Å². The van der Waals surface area contributed by atoms with Gasteiger partial charge in [-0.2, -0.15) is 28.1 Å². The molecule has 53 heavy (non-hydrogen) atoms. The highest BCUT2D eigenvalue weighted by Gasteiger charge is 2.45. The summed E-state index contributed by atoms with van der Waals surface area (Å²) in [6.07, 6.45) is -2.08. The standard InChI is InChI=1S/C34H31ClF3N9O6/c1-19-3-10-24(17-40-19)41-28(50)27(49)39-16-13-25(29(51)52-2)43-26(48)20-4-11-23(12-5-20)42-30-44-31(46-32(45-30)53-18-34(36,37)38)47-33(14-15-33)21-6-8-22(35)9-7-21/h3-12,17H,13-16,18H2,1-2H3,(H,39,49)(H,41,50)(H2,42,44,45,46,47). The van der Waals surface area contributed by atoms with Gasteiger partial charge in [0.15, 0.2) is 6.61 Å². The van der Waals surface area contributed by atoms with Crippen LogP contribution in [0.1, 0.15) is 40.9 Å². The summed E-state index contributed by atoms with van der Waals surface area (Å²) >= 11 is 6.02. The summed E-state index contributed by atoms with van der Waals surface area (Å²) in [5.74, 6) is -3.88. The molecule has 19 heteroatoms. The highest BCUT2D eigenvalue weighted by atomic mass is 35.5. The molecule has 0 spiro atoms. The molecule has 3 amide bonds. The number of rotatable bonds is 13. The third-order valence-electron chi connectivity index (χ3n) is 7.55. The molecule has 0 aliphatic heterocycles. The number of benzene rings is 2. The maximum Gasteiger partial charge on any atom is 0.422 e. The molecule has 0 unspecified atom stereocenters. The van der Waals surface area contributed by atoms with Crippen molar-refractivity contribution in [3.05, 3.63) is 88.7 Å². The van der Waals surface area contributed by atoms with Gasteiger partial charge in [0, 0.05) is 34.9 Å². The second-order valence-electron chi connectivity index (χ2n) is 11.6. The zero-order chi connectivity index (χ0) is 38.2. The summed E-state index contributed by atoms with van der Waals surface area (Å²) in [6, 6.07) is 15.4. The molecule has 0 radical (unpaired) electrons. The number of aliphatic imine (C=N–C) groups is 1. The Balaban J connectivity index is 1.24. The number of amides is 3. The molecule has 0 atom stereocenters. The lowest BCUT2D eigenvalue weighted by atomic mass is 10.1. The Morgan fingerprint density at radius 1 is 0.906 bits per heavy atom. The van der Waals surface area contributed by atoms with Crippen LogP contribution in [0.5, 0.6) is 6.01 Å². The Morgan fingerprint density at radius 3 is 2.21 bits per heavy atom. The highest BCUT2D eigenvalue weighted by molar-refractivity contribution is 6.40. The van der Waals surface area contributed by atoms with E-state index in [1.807, 2.05) is 12.1 Å². The minimum atomic E-state index is -4.64.